The van der Waals surface area contributed by atoms with Crippen molar-refractivity contribution < 1.29 is 47.4 Å². The van der Waals surface area contributed by atoms with E-state index in [-0.39, 0.29) is 16.6 Å². The first-order chi connectivity index (χ1) is 42.5. The van der Waals surface area contributed by atoms with Gasteiger partial charge in [0.25, 0.3) is 0 Å². The molecule has 0 radical (unpaired) electrons. The van der Waals surface area contributed by atoms with E-state index in [0.717, 1.165) is 100.0 Å². The van der Waals surface area contributed by atoms with Gasteiger partial charge in [-0.2, -0.15) is 19.2 Å². The van der Waals surface area contributed by atoms with E-state index in [4.69, 9.17) is 49.2 Å². The van der Waals surface area contributed by atoms with E-state index in [1.54, 1.807) is 12.3 Å². The Morgan fingerprint density at radius 3 is 1.30 bits per heavy atom. The van der Waals surface area contributed by atoms with Gasteiger partial charge in [-0.3, -0.25) is 9.59 Å². The van der Waals surface area contributed by atoms with Gasteiger partial charge in [0.15, 0.2) is 23.9 Å². The van der Waals surface area contributed by atoms with Crippen molar-refractivity contribution in [1.82, 2.24) is 29.2 Å². The van der Waals surface area contributed by atoms with Crippen molar-refractivity contribution in [3.8, 4) is 11.1 Å². The van der Waals surface area contributed by atoms with E-state index >= 15 is 0 Å². The van der Waals surface area contributed by atoms with Crippen molar-refractivity contribution in [2.45, 2.75) is 179 Å². The second-order valence-corrected chi connectivity index (χ2v) is 54.3. The number of fused-ring (bicyclic) bond motifs is 6. The van der Waals surface area contributed by atoms with Crippen LogP contribution in [0.5, 0.6) is 0 Å². The SMILES string of the molecule is C[Si](C)(C)CCOCN(COCC[Si](C)(C)C)c1cc(C2C[C@H]3CC[C@@H](C2)C3)nc2c(-c3ccc(C=O)c(F)c3)cnn12.C[Si](C)(C)CCOCN(COCC[Si](C)(C)C)c1cc(C2C[C@H]3CC[C@@H](C2)C3)nc2c(I)cnn12.O=Cc1ccc(B(O)O)cc1F. The number of carbonyl (C=O) groups excluding carboxylic acids is 2. The molecular weight excluding hydrogens is 1320 g/mol. The first kappa shape index (κ1) is 71.7. The molecule has 2 unspecified atom stereocenters. The summed E-state index contributed by atoms with van der Waals surface area (Å²) in [5.41, 5.74) is 5.33. The van der Waals surface area contributed by atoms with Crippen LogP contribution in [-0.4, -0.2) is 145 Å². The van der Waals surface area contributed by atoms with Crippen molar-refractivity contribution in [3.63, 3.8) is 0 Å². The Morgan fingerprint density at radius 2 is 0.922 bits per heavy atom. The maximum atomic E-state index is 14.7. The van der Waals surface area contributed by atoms with Crippen molar-refractivity contribution >= 4 is 103 Å². The van der Waals surface area contributed by atoms with Gasteiger partial charge in [-0.1, -0.05) is 116 Å². The zero-order chi connectivity index (χ0) is 65.1. The van der Waals surface area contributed by atoms with Crippen LogP contribution in [-0.2, 0) is 18.9 Å². The molecule has 4 heterocycles. The van der Waals surface area contributed by atoms with E-state index in [1.807, 2.05) is 15.2 Å². The Morgan fingerprint density at radius 1 is 0.544 bits per heavy atom. The first-order valence-electron chi connectivity index (χ1n) is 32.6. The lowest BCUT2D eigenvalue weighted by Crippen LogP contribution is -2.33. The quantitative estimate of drug-likeness (QED) is 0.0156. The largest absolute Gasteiger partial charge is 0.488 e. The summed E-state index contributed by atoms with van der Waals surface area (Å²) in [5.74, 6) is 4.88. The zero-order valence-electron chi connectivity index (χ0n) is 55.6. The van der Waals surface area contributed by atoms with Gasteiger partial charge in [-0.05, 0) is 144 Å². The molecular formula is C66H100BF2IN8O8Si4. The Kier molecular flexibility index (Phi) is 25.4. The highest BCUT2D eigenvalue weighted by Crippen LogP contribution is 2.50. The highest BCUT2D eigenvalue weighted by atomic mass is 127. The number of halogens is 3. The summed E-state index contributed by atoms with van der Waals surface area (Å²) in [6, 6.07) is 17.1. The number of aromatic nitrogens is 6. The molecule has 0 saturated heterocycles. The topological polar surface area (TPSA) is 178 Å². The van der Waals surface area contributed by atoms with Gasteiger partial charge in [0.2, 0.25) is 0 Å². The van der Waals surface area contributed by atoms with Gasteiger partial charge in [-0.15, -0.1) is 0 Å². The summed E-state index contributed by atoms with van der Waals surface area (Å²) in [6.45, 7) is 33.4. The summed E-state index contributed by atoms with van der Waals surface area (Å²) in [7, 11) is -6.46. The van der Waals surface area contributed by atoms with Crippen molar-refractivity contribution in [3.05, 3.63) is 98.6 Å². The van der Waals surface area contributed by atoms with Gasteiger partial charge in [0.05, 0.1) is 21.5 Å². The zero-order valence-corrected chi connectivity index (χ0v) is 61.7. The lowest BCUT2D eigenvalue weighted by Gasteiger charge is -2.30. The van der Waals surface area contributed by atoms with E-state index in [2.05, 4.69) is 123 Å². The number of carbonyl (C=O) groups is 2. The number of rotatable bonds is 28. The molecule has 4 saturated carbocycles. The molecule has 0 aliphatic heterocycles. The van der Waals surface area contributed by atoms with E-state index in [1.165, 1.54) is 93.4 Å². The van der Waals surface area contributed by atoms with Crippen LogP contribution in [0.3, 0.4) is 0 Å². The lowest BCUT2D eigenvalue weighted by molar-refractivity contribution is 0.0940. The molecule has 24 heteroatoms. The van der Waals surface area contributed by atoms with Gasteiger partial charge in [-0.25, -0.2) is 18.7 Å². The molecule has 4 bridgehead atoms. The van der Waals surface area contributed by atoms with Crippen molar-refractivity contribution in [2.24, 2.45) is 23.7 Å². The van der Waals surface area contributed by atoms with Crippen molar-refractivity contribution in [2.75, 3.05) is 63.2 Å². The monoisotopic (exact) mass is 1420 g/mol. The van der Waals surface area contributed by atoms with Crippen LogP contribution in [0, 0.1) is 38.9 Å². The number of benzene rings is 2. The van der Waals surface area contributed by atoms with E-state index < -0.39 is 51.0 Å². The number of hydrogen-bond donors (Lipinski definition) is 2. The van der Waals surface area contributed by atoms with Gasteiger partial charge in [0, 0.05) is 105 Å². The predicted octanol–water partition coefficient (Wildman–Crippen LogP) is 14.4. The maximum Gasteiger partial charge on any atom is 0.488 e. The second-order valence-electron chi connectivity index (χ2n) is 30.6. The standard InChI is InChI=1S/C33H49FN4O3Si2.C26H45IN4O2Si2.C7H6BFO3/c1-42(2,3)13-11-40-22-37(23-41-12-14-43(4,5)6)32-19-31(28-16-24-7-8-25(15-24)17-28)36-33-29(20-35-38(32)33)26-9-10-27(21-39)30(34)18-26;1-34(2,3)11-9-32-18-30(19-33-10-12-35(4,5)6)25-16-24(29-26-23(27)17-28-31(25)26)22-14-20-7-8-21(13-20)15-22;9-7-3-6(8(11)12)2-1-5(7)4-10/h9-10,18-21,24-25,28H,7-8,11-17,22-23H2,1-6H3;16-17,20-22H,7-15,18-19H2,1-6H3;1-4,11-12H/t24-,25+,28?;20-,21+,22?;. The predicted molar refractivity (Wildman–Crippen MR) is 378 cm³/mol. The fraction of sp³-hybridized carbons (Fsp3) is 0.606. The average Bonchev–Trinajstić information content (AvgIpc) is 1.58. The van der Waals surface area contributed by atoms with Crippen LogP contribution in [0.4, 0.5) is 20.4 Å². The Balaban J connectivity index is 0.000000199. The summed E-state index contributed by atoms with van der Waals surface area (Å²) >= 11 is 2.37. The molecule has 492 valence electrons. The Bertz CT molecular complexity index is 3270. The average molecular weight is 1420 g/mol. The number of hydrogen-bond acceptors (Lipinski definition) is 14. The molecule has 4 aliphatic rings. The van der Waals surface area contributed by atoms with Gasteiger partial charge in [0.1, 0.15) is 50.2 Å². The van der Waals surface area contributed by atoms with Crippen molar-refractivity contribution in [1.29, 1.82) is 0 Å². The van der Waals surface area contributed by atoms with Gasteiger partial charge < -0.3 is 38.8 Å². The van der Waals surface area contributed by atoms with Crippen LogP contribution < -0.4 is 15.3 Å². The number of aldehydes is 2. The fourth-order valence-corrected chi connectivity index (χ4v) is 16.1. The molecule has 4 fully saturated rings. The minimum Gasteiger partial charge on any atom is -0.423 e. The maximum absolute atomic E-state index is 14.7. The third-order valence-electron chi connectivity index (χ3n) is 18.0. The molecule has 90 heavy (non-hydrogen) atoms. The van der Waals surface area contributed by atoms with E-state index in [9.17, 15) is 18.4 Å². The van der Waals surface area contributed by atoms with Gasteiger partial charge >= 0.3 is 7.12 Å². The molecule has 2 N–H and O–H groups in total. The Labute approximate surface area is 551 Å². The molecule has 0 amide bonds. The highest BCUT2D eigenvalue weighted by molar-refractivity contribution is 14.1. The minimum absolute atomic E-state index is 0.0260. The van der Waals surface area contributed by atoms with Crippen LogP contribution in [0.15, 0.2) is 60.9 Å². The smallest absolute Gasteiger partial charge is 0.423 e. The molecule has 4 aromatic heterocycles. The van der Waals surface area contributed by atoms with E-state index in [0.29, 0.717) is 75.8 Å². The summed E-state index contributed by atoms with van der Waals surface area (Å²) in [6.07, 6.45) is 17.7. The fourth-order valence-electron chi connectivity index (χ4n) is 12.6. The summed E-state index contributed by atoms with van der Waals surface area (Å²) < 4.78 is 57.4. The number of nitrogens with zero attached hydrogens (tertiary/aromatic N) is 8. The number of anilines is 2. The molecule has 6 atom stereocenters. The summed E-state index contributed by atoms with van der Waals surface area (Å²) in [5, 5.41) is 26.7. The molecule has 10 rings (SSSR count). The highest BCUT2D eigenvalue weighted by Gasteiger charge is 2.38. The molecule has 0 spiro atoms. The molecule has 16 nitrogen and oxygen atoms in total. The normalized spacial score (nSPS) is 20.0. The molecule has 6 aromatic rings. The van der Waals surface area contributed by atoms with Crippen LogP contribution >= 0.6 is 22.6 Å². The molecule has 2 aromatic carbocycles. The Hall–Kier alpha value is -4.10. The third kappa shape index (κ3) is 21.0. The van der Waals surface area contributed by atoms with Crippen LogP contribution in [0.2, 0.25) is 103 Å². The lowest BCUT2D eigenvalue weighted by atomic mass is 9.79. The third-order valence-corrected chi connectivity index (χ3v) is 25.6. The second kappa shape index (κ2) is 31.9. The van der Waals surface area contributed by atoms with Crippen LogP contribution in [0.25, 0.3) is 22.4 Å². The van der Waals surface area contributed by atoms with Crippen LogP contribution in [0.1, 0.15) is 108 Å². The first-order valence-corrected chi connectivity index (χ1v) is 48.5. The number of ether oxygens (including phenoxy) is 4. The minimum atomic E-state index is -1.71. The summed E-state index contributed by atoms with van der Waals surface area (Å²) in [4.78, 5) is 36.1. The molecule has 4 aliphatic carbocycles.